The molecule has 0 heterocycles. The Morgan fingerprint density at radius 3 is 1.85 bits per heavy atom. The fourth-order valence-corrected chi connectivity index (χ4v) is 0.612. The minimum absolute atomic E-state index is 0.0625. The van der Waals surface area contributed by atoms with Crippen LogP contribution in [0, 0.1) is 0 Å². The summed E-state index contributed by atoms with van der Waals surface area (Å²) >= 11 is 0. The quantitative estimate of drug-likeness (QED) is 0.522. The Kier molecular flexibility index (Phi) is 7.00. The SMILES string of the molecule is C=Cc1ccccc1.O=COC=O. The fraction of sp³-hybridized carbons (Fsp3) is 0. The molecule has 0 amide bonds. The van der Waals surface area contributed by atoms with Crippen LogP contribution in [-0.4, -0.2) is 12.9 Å². The molecule has 1 aromatic rings. The van der Waals surface area contributed by atoms with Gasteiger partial charge in [0.05, 0.1) is 0 Å². The van der Waals surface area contributed by atoms with Gasteiger partial charge in [-0.2, -0.15) is 0 Å². The summed E-state index contributed by atoms with van der Waals surface area (Å²) in [5.41, 5.74) is 1.17. The van der Waals surface area contributed by atoms with Crippen molar-refractivity contribution in [3.8, 4) is 0 Å². The smallest absolute Gasteiger partial charge is 0.300 e. The van der Waals surface area contributed by atoms with Gasteiger partial charge in [-0.1, -0.05) is 43.0 Å². The molecule has 0 radical (unpaired) electrons. The molecule has 0 fully saturated rings. The molecule has 0 aliphatic carbocycles. The van der Waals surface area contributed by atoms with E-state index in [1.807, 2.05) is 36.4 Å². The molecular formula is C10H10O3. The Morgan fingerprint density at radius 2 is 1.62 bits per heavy atom. The van der Waals surface area contributed by atoms with Gasteiger partial charge in [0.25, 0.3) is 0 Å². The van der Waals surface area contributed by atoms with Gasteiger partial charge in [0, 0.05) is 0 Å². The molecule has 0 bridgehead atoms. The Morgan fingerprint density at radius 1 is 1.08 bits per heavy atom. The van der Waals surface area contributed by atoms with Crippen LogP contribution < -0.4 is 0 Å². The third kappa shape index (κ3) is 6.50. The Hall–Kier alpha value is -1.90. The van der Waals surface area contributed by atoms with E-state index in [0.29, 0.717) is 0 Å². The van der Waals surface area contributed by atoms with Crippen molar-refractivity contribution in [1.29, 1.82) is 0 Å². The number of ether oxygens (including phenoxy) is 1. The van der Waals surface area contributed by atoms with E-state index in [9.17, 15) is 0 Å². The van der Waals surface area contributed by atoms with Crippen LogP contribution in [0.4, 0.5) is 0 Å². The van der Waals surface area contributed by atoms with E-state index >= 15 is 0 Å². The molecule has 68 valence electrons. The topological polar surface area (TPSA) is 43.4 Å². The maximum Gasteiger partial charge on any atom is 0.300 e. The molecule has 0 aliphatic rings. The van der Waals surface area contributed by atoms with Gasteiger partial charge >= 0.3 is 12.9 Å². The summed E-state index contributed by atoms with van der Waals surface area (Å²) < 4.78 is 3.47. The zero-order chi connectivity index (χ0) is 9.94. The highest BCUT2D eigenvalue weighted by atomic mass is 16.6. The van der Waals surface area contributed by atoms with E-state index in [2.05, 4.69) is 11.3 Å². The van der Waals surface area contributed by atoms with Crippen molar-refractivity contribution >= 4 is 19.0 Å². The molecule has 0 N–H and O–H groups in total. The van der Waals surface area contributed by atoms with Gasteiger partial charge in [-0.25, -0.2) is 0 Å². The molecule has 0 aromatic heterocycles. The first-order valence-electron chi connectivity index (χ1n) is 3.55. The average Bonchev–Trinajstić information content (AvgIpc) is 2.21. The second-order valence-corrected chi connectivity index (χ2v) is 1.94. The third-order valence-corrected chi connectivity index (χ3v) is 1.15. The summed E-state index contributed by atoms with van der Waals surface area (Å²) in [5.74, 6) is 0. The van der Waals surface area contributed by atoms with Gasteiger partial charge < -0.3 is 4.74 Å². The lowest BCUT2D eigenvalue weighted by Gasteiger charge is -1.85. The van der Waals surface area contributed by atoms with Crippen LogP contribution in [0.15, 0.2) is 36.9 Å². The lowest BCUT2D eigenvalue weighted by molar-refractivity contribution is -0.141. The standard InChI is InChI=1S/C8H8.C2H2O3/c1-2-8-6-4-3-5-7-8;3-1-5-2-4/h2-7H,1H2;1-2H. The molecule has 13 heavy (non-hydrogen) atoms. The Balaban J connectivity index is 0.000000252. The van der Waals surface area contributed by atoms with Gasteiger partial charge in [-0.05, 0) is 5.56 Å². The third-order valence-electron chi connectivity index (χ3n) is 1.15. The lowest BCUT2D eigenvalue weighted by Crippen LogP contribution is -1.77. The number of carbonyl (C=O) groups excluding carboxylic acids is 2. The predicted octanol–water partition coefficient (Wildman–Crippen LogP) is 1.65. The average molecular weight is 178 g/mol. The predicted molar refractivity (Wildman–Crippen MR) is 49.7 cm³/mol. The van der Waals surface area contributed by atoms with Crippen LogP contribution in [0.25, 0.3) is 6.08 Å². The van der Waals surface area contributed by atoms with E-state index in [-0.39, 0.29) is 12.9 Å². The van der Waals surface area contributed by atoms with Crippen LogP contribution in [0.1, 0.15) is 5.56 Å². The minimum atomic E-state index is 0.0625. The van der Waals surface area contributed by atoms with Crippen molar-refractivity contribution < 1.29 is 14.3 Å². The van der Waals surface area contributed by atoms with E-state index < -0.39 is 0 Å². The van der Waals surface area contributed by atoms with Crippen molar-refractivity contribution in [2.45, 2.75) is 0 Å². The highest BCUT2D eigenvalue weighted by Gasteiger charge is 1.75. The van der Waals surface area contributed by atoms with E-state index in [4.69, 9.17) is 9.59 Å². The zero-order valence-electron chi connectivity index (χ0n) is 7.05. The number of carbonyl (C=O) groups is 2. The molecule has 0 spiro atoms. The summed E-state index contributed by atoms with van der Waals surface area (Å²) in [6.45, 7) is 3.76. The van der Waals surface area contributed by atoms with Crippen LogP contribution >= 0.6 is 0 Å². The van der Waals surface area contributed by atoms with Gasteiger partial charge in [0.15, 0.2) is 0 Å². The first kappa shape index (κ1) is 11.1. The normalized spacial score (nSPS) is 7.38. The van der Waals surface area contributed by atoms with Gasteiger partial charge in [-0.15, -0.1) is 0 Å². The van der Waals surface area contributed by atoms with Crippen LogP contribution in [0.5, 0.6) is 0 Å². The molecule has 0 saturated carbocycles. The molecular weight excluding hydrogens is 168 g/mol. The summed E-state index contributed by atoms with van der Waals surface area (Å²) in [6.07, 6.45) is 1.83. The largest absolute Gasteiger partial charge is 0.398 e. The number of hydrogen-bond donors (Lipinski definition) is 0. The molecule has 0 atom stereocenters. The second kappa shape index (κ2) is 8.20. The highest BCUT2D eigenvalue weighted by Crippen LogP contribution is 1.97. The molecule has 0 aliphatic heterocycles. The molecule has 0 saturated heterocycles. The zero-order valence-corrected chi connectivity index (χ0v) is 7.05. The number of hydrogen-bond acceptors (Lipinski definition) is 3. The Labute approximate surface area is 76.6 Å². The first-order valence-corrected chi connectivity index (χ1v) is 3.55. The first-order chi connectivity index (χ1) is 6.35. The maximum atomic E-state index is 8.95. The van der Waals surface area contributed by atoms with Crippen molar-refractivity contribution in [2.75, 3.05) is 0 Å². The molecule has 1 aromatic carbocycles. The van der Waals surface area contributed by atoms with Crippen LogP contribution in [0.3, 0.4) is 0 Å². The van der Waals surface area contributed by atoms with Crippen LogP contribution in [-0.2, 0) is 14.3 Å². The van der Waals surface area contributed by atoms with Gasteiger partial charge in [-0.3, -0.25) is 9.59 Å². The summed E-state index contributed by atoms with van der Waals surface area (Å²) in [5, 5.41) is 0. The number of rotatable bonds is 3. The van der Waals surface area contributed by atoms with Gasteiger partial charge in [0.1, 0.15) is 0 Å². The summed E-state index contributed by atoms with van der Waals surface area (Å²) in [4.78, 5) is 17.9. The summed E-state index contributed by atoms with van der Waals surface area (Å²) in [7, 11) is 0. The van der Waals surface area contributed by atoms with E-state index in [1.165, 1.54) is 5.56 Å². The number of benzene rings is 1. The van der Waals surface area contributed by atoms with E-state index in [0.717, 1.165) is 0 Å². The minimum Gasteiger partial charge on any atom is -0.398 e. The fourth-order valence-electron chi connectivity index (χ4n) is 0.612. The maximum absolute atomic E-state index is 8.95. The lowest BCUT2D eigenvalue weighted by atomic mass is 10.2. The second-order valence-electron chi connectivity index (χ2n) is 1.94. The highest BCUT2D eigenvalue weighted by molar-refractivity contribution is 5.55. The van der Waals surface area contributed by atoms with Gasteiger partial charge in [0.2, 0.25) is 0 Å². The molecule has 0 unspecified atom stereocenters. The van der Waals surface area contributed by atoms with Crippen molar-refractivity contribution in [2.24, 2.45) is 0 Å². The van der Waals surface area contributed by atoms with Crippen molar-refractivity contribution in [3.05, 3.63) is 42.5 Å². The van der Waals surface area contributed by atoms with E-state index in [1.54, 1.807) is 0 Å². The molecule has 1 rings (SSSR count). The molecule has 3 heteroatoms. The summed E-state index contributed by atoms with van der Waals surface area (Å²) in [6, 6.07) is 10.0. The Bertz CT molecular complexity index is 248. The van der Waals surface area contributed by atoms with Crippen molar-refractivity contribution in [1.82, 2.24) is 0 Å². The van der Waals surface area contributed by atoms with Crippen molar-refractivity contribution in [3.63, 3.8) is 0 Å². The van der Waals surface area contributed by atoms with Crippen LogP contribution in [0.2, 0.25) is 0 Å². The molecule has 3 nitrogen and oxygen atoms in total. The monoisotopic (exact) mass is 178 g/mol.